The highest BCUT2D eigenvalue weighted by molar-refractivity contribution is 7.11. The summed E-state index contributed by atoms with van der Waals surface area (Å²) in [6.45, 7) is 6.29. The van der Waals surface area contributed by atoms with Crippen LogP contribution in [0.25, 0.3) is 0 Å². The summed E-state index contributed by atoms with van der Waals surface area (Å²) in [5, 5.41) is 4.15. The Labute approximate surface area is 112 Å². The molecule has 6 heteroatoms. The van der Waals surface area contributed by atoms with Crippen molar-refractivity contribution in [3.8, 4) is 5.75 Å². The van der Waals surface area contributed by atoms with Crippen LogP contribution in [0.2, 0.25) is 0 Å². The number of hydrogen-bond donors (Lipinski definition) is 2. The second-order valence-corrected chi connectivity index (χ2v) is 5.61. The predicted octanol–water partition coefficient (Wildman–Crippen LogP) is 2.35. The molecule has 18 heavy (non-hydrogen) atoms. The molecule has 0 saturated heterocycles. The molecule has 0 bridgehead atoms. The molecular formula is C12H21N3O2S. The number of rotatable bonds is 8. The first-order chi connectivity index (χ1) is 8.66. The highest BCUT2D eigenvalue weighted by Gasteiger charge is 2.21. The predicted molar refractivity (Wildman–Crippen MR) is 74.3 cm³/mol. The van der Waals surface area contributed by atoms with Crippen LogP contribution in [0, 0.1) is 5.92 Å². The van der Waals surface area contributed by atoms with Gasteiger partial charge in [-0.05, 0) is 44.1 Å². The minimum absolute atomic E-state index is 0.0929. The summed E-state index contributed by atoms with van der Waals surface area (Å²) in [6, 6.07) is 0. The normalized spacial score (nSPS) is 15.1. The zero-order valence-electron chi connectivity index (χ0n) is 10.9. The third-order valence-corrected chi connectivity index (χ3v) is 3.41. The van der Waals surface area contributed by atoms with Crippen LogP contribution in [0.4, 0.5) is 10.8 Å². The lowest BCUT2D eigenvalue weighted by atomic mass is 10.4. The Kier molecular flexibility index (Phi) is 4.66. The average Bonchev–Trinajstić information content (AvgIpc) is 3.08. The van der Waals surface area contributed by atoms with E-state index in [0.29, 0.717) is 18.2 Å². The molecule has 0 spiro atoms. The summed E-state index contributed by atoms with van der Waals surface area (Å²) in [4.78, 5) is 0. The highest BCUT2D eigenvalue weighted by Crippen LogP contribution is 2.35. The molecular weight excluding hydrogens is 250 g/mol. The second-order valence-electron chi connectivity index (χ2n) is 4.84. The van der Waals surface area contributed by atoms with Crippen LogP contribution in [0.3, 0.4) is 0 Å². The van der Waals surface area contributed by atoms with E-state index in [0.717, 1.165) is 24.1 Å². The average molecular weight is 271 g/mol. The number of nitrogens with one attached hydrogen (secondary N) is 1. The van der Waals surface area contributed by atoms with Gasteiger partial charge in [0.05, 0.1) is 12.7 Å². The standard InChI is InChI=1S/C12H21N3O2S/c1-8(2)17-10-11(13)15-18-12(10)14-5-6-16-7-9-3-4-9/h8-9,14H,3-7H2,1-2H3,(H2,13,15). The fourth-order valence-electron chi connectivity index (χ4n) is 1.53. The Morgan fingerprint density at radius 2 is 2.28 bits per heavy atom. The van der Waals surface area contributed by atoms with Gasteiger partial charge in [-0.2, -0.15) is 4.37 Å². The second kappa shape index (κ2) is 6.24. The van der Waals surface area contributed by atoms with E-state index < -0.39 is 0 Å². The van der Waals surface area contributed by atoms with Gasteiger partial charge >= 0.3 is 0 Å². The van der Waals surface area contributed by atoms with Gasteiger partial charge in [0.15, 0.2) is 16.6 Å². The van der Waals surface area contributed by atoms with E-state index in [1.54, 1.807) is 0 Å². The van der Waals surface area contributed by atoms with Crippen molar-refractivity contribution in [3.05, 3.63) is 0 Å². The van der Waals surface area contributed by atoms with Crippen molar-refractivity contribution in [1.82, 2.24) is 4.37 Å². The van der Waals surface area contributed by atoms with Gasteiger partial charge in [0.2, 0.25) is 0 Å². The van der Waals surface area contributed by atoms with E-state index in [1.807, 2.05) is 13.8 Å². The monoisotopic (exact) mass is 271 g/mol. The fraction of sp³-hybridized carbons (Fsp3) is 0.750. The topological polar surface area (TPSA) is 69.4 Å². The number of nitrogens with two attached hydrogens (primary N) is 1. The molecule has 1 saturated carbocycles. The summed E-state index contributed by atoms with van der Waals surface area (Å²) < 4.78 is 15.3. The van der Waals surface area contributed by atoms with E-state index in [4.69, 9.17) is 15.2 Å². The fourth-order valence-corrected chi connectivity index (χ4v) is 2.20. The van der Waals surface area contributed by atoms with Crippen molar-refractivity contribution in [2.75, 3.05) is 30.8 Å². The van der Waals surface area contributed by atoms with Gasteiger partial charge in [0.25, 0.3) is 0 Å². The van der Waals surface area contributed by atoms with E-state index in [1.165, 1.54) is 24.4 Å². The molecule has 0 aliphatic heterocycles. The lowest BCUT2D eigenvalue weighted by Crippen LogP contribution is -2.12. The summed E-state index contributed by atoms with van der Waals surface area (Å²) in [5.41, 5.74) is 5.77. The maximum Gasteiger partial charge on any atom is 0.197 e. The third-order valence-electron chi connectivity index (χ3n) is 2.61. The molecule has 1 aliphatic carbocycles. The van der Waals surface area contributed by atoms with Gasteiger partial charge in [-0.1, -0.05) is 0 Å². The number of nitrogens with zero attached hydrogens (tertiary/aromatic N) is 1. The van der Waals surface area contributed by atoms with Crippen LogP contribution >= 0.6 is 11.5 Å². The molecule has 0 amide bonds. The Morgan fingerprint density at radius 1 is 1.50 bits per heavy atom. The molecule has 0 unspecified atom stereocenters. The molecule has 1 fully saturated rings. The highest BCUT2D eigenvalue weighted by atomic mass is 32.1. The van der Waals surface area contributed by atoms with E-state index in [2.05, 4.69) is 9.69 Å². The molecule has 0 radical (unpaired) electrons. The van der Waals surface area contributed by atoms with Gasteiger partial charge in [-0.3, -0.25) is 0 Å². The molecule has 0 atom stereocenters. The van der Waals surface area contributed by atoms with Crippen LogP contribution in [0.1, 0.15) is 26.7 Å². The van der Waals surface area contributed by atoms with E-state index in [-0.39, 0.29) is 6.10 Å². The number of ether oxygens (including phenoxy) is 2. The number of nitrogen functional groups attached to an aromatic ring is 1. The molecule has 5 nitrogen and oxygen atoms in total. The quantitative estimate of drug-likeness (QED) is 0.710. The lowest BCUT2D eigenvalue weighted by Gasteiger charge is -2.11. The first kappa shape index (κ1) is 13.4. The van der Waals surface area contributed by atoms with Crippen molar-refractivity contribution in [1.29, 1.82) is 0 Å². The Morgan fingerprint density at radius 3 is 2.94 bits per heavy atom. The minimum Gasteiger partial charge on any atom is -0.484 e. The first-order valence-corrected chi connectivity index (χ1v) is 7.17. The smallest absolute Gasteiger partial charge is 0.197 e. The van der Waals surface area contributed by atoms with Crippen molar-refractivity contribution >= 4 is 22.4 Å². The van der Waals surface area contributed by atoms with Gasteiger partial charge in [0.1, 0.15) is 0 Å². The molecule has 1 aromatic rings. The number of anilines is 2. The number of hydrogen-bond acceptors (Lipinski definition) is 6. The van der Waals surface area contributed by atoms with Crippen LogP contribution in [0.5, 0.6) is 5.75 Å². The maximum absolute atomic E-state index is 5.77. The van der Waals surface area contributed by atoms with Gasteiger partial charge in [-0.25, -0.2) is 0 Å². The molecule has 2 rings (SSSR count). The van der Waals surface area contributed by atoms with Crippen molar-refractivity contribution in [3.63, 3.8) is 0 Å². The Hall–Kier alpha value is -1.01. The minimum atomic E-state index is 0.0929. The first-order valence-electron chi connectivity index (χ1n) is 6.40. The Bertz CT molecular complexity index is 377. The van der Waals surface area contributed by atoms with Gasteiger partial charge in [0, 0.05) is 13.2 Å². The third kappa shape index (κ3) is 4.03. The zero-order chi connectivity index (χ0) is 13.0. The molecule has 3 N–H and O–H groups in total. The van der Waals surface area contributed by atoms with Crippen LogP contribution < -0.4 is 15.8 Å². The summed E-state index contributed by atoms with van der Waals surface area (Å²) in [6.07, 6.45) is 2.74. The van der Waals surface area contributed by atoms with Crippen LogP contribution in [0.15, 0.2) is 0 Å². The van der Waals surface area contributed by atoms with Gasteiger partial charge < -0.3 is 20.5 Å². The summed E-state index contributed by atoms with van der Waals surface area (Å²) >= 11 is 1.33. The van der Waals surface area contributed by atoms with Crippen LogP contribution in [-0.4, -0.2) is 30.2 Å². The van der Waals surface area contributed by atoms with Crippen LogP contribution in [-0.2, 0) is 4.74 Å². The van der Waals surface area contributed by atoms with Crippen molar-refractivity contribution in [2.24, 2.45) is 5.92 Å². The summed E-state index contributed by atoms with van der Waals surface area (Å²) in [5.74, 6) is 1.93. The van der Waals surface area contributed by atoms with Crippen molar-refractivity contribution in [2.45, 2.75) is 32.8 Å². The molecule has 102 valence electrons. The molecule has 1 aromatic heterocycles. The Balaban J connectivity index is 1.73. The van der Waals surface area contributed by atoms with E-state index in [9.17, 15) is 0 Å². The van der Waals surface area contributed by atoms with Crippen molar-refractivity contribution < 1.29 is 9.47 Å². The zero-order valence-corrected chi connectivity index (χ0v) is 11.8. The molecule has 0 aromatic carbocycles. The summed E-state index contributed by atoms with van der Waals surface area (Å²) in [7, 11) is 0. The molecule has 1 aliphatic rings. The lowest BCUT2D eigenvalue weighted by molar-refractivity contribution is 0.134. The van der Waals surface area contributed by atoms with Gasteiger partial charge in [-0.15, -0.1) is 0 Å². The SMILES string of the molecule is CC(C)Oc1c(N)nsc1NCCOCC1CC1. The largest absolute Gasteiger partial charge is 0.484 e. The number of aromatic nitrogens is 1. The molecule has 1 heterocycles. The van der Waals surface area contributed by atoms with E-state index >= 15 is 0 Å². The maximum atomic E-state index is 5.77.